The molecule has 1 rings (SSSR count). The summed E-state index contributed by atoms with van der Waals surface area (Å²) in [6, 6.07) is 0. The Labute approximate surface area is 102 Å². The van der Waals surface area contributed by atoms with Gasteiger partial charge in [0.2, 0.25) is 0 Å². The molecule has 1 saturated heterocycles. The summed E-state index contributed by atoms with van der Waals surface area (Å²) in [5, 5.41) is 41.5. The van der Waals surface area contributed by atoms with Gasteiger partial charge in [0.05, 0.1) is 18.2 Å². The molecule has 1 aliphatic rings. The highest BCUT2D eigenvalue weighted by molar-refractivity contribution is 5.04. The molecular formula is C12H25NO4. The SMILES string of the molecule is CCCCCC[C@@]1(CO)NC[C@H](O)[C@@H](O)[C@@H]1O. The van der Waals surface area contributed by atoms with E-state index in [1.165, 1.54) is 0 Å². The third kappa shape index (κ3) is 3.39. The molecule has 0 radical (unpaired) electrons. The molecule has 0 bridgehead atoms. The van der Waals surface area contributed by atoms with E-state index in [1.54, 1.807) is 0 Å². The zero-order valence-corrected chi connectivity index (χ0v) is 10.5. The van der Waals surface area contributed by atoms with Crippen LogP contribution in [0, 0.1) is 0 Å². The summed E-state index contributed by atoms with van der Waals surface area (Å²) in [6.45, 7) is 2.09. The molecule has 0 aromatic rings. The summed E-state index contributed by atoms with van der Waals surface area (Å²) < 4.78 is 0. The molecular weight excluding hydrogens is 222 g/mol. The van der Waals surface area contributed by atoms with Gasteiger partial charge in [0.1, 0.15) is 12.2 Å². The van der Waals surface area contributed by atoms with Crippen LogP contribution in [-0.2, 0) is 0 Å². The number of hydrogen-bond acceptors (Lipinski definition) is 5. The van der Waals surface area contributed by atoms with E-state index in [4.69, 9.17) is 0 Å². The fraction of sp³-hybridized carbons (Fsp3) is 1.00. The number of hydrogen-bond donors (Lipinski definition) is 5. The maximum absolute atomic E-state index is 9.98. The van der Waals surface area contributed by atoms with Gasteiger partial charge in [-0.25, -0.2) is 0 Å². The lowest BCUT2D eigenvalue weighted by Gasteiger charge is -2.45. The summed E-state index contributed by atoms with van der Waals surface area (Å²) >= 11 is 0. The van der Waals surface area contributed by atoms with E-state index in [9.17, 15) is 20.4 Å². The first-order chi connectivity index (χ1) is 8.07. The van der Waals surface area contributed by atoms with Gasteiger partial charge in [-0.15, -0.1) is 0 Å². The molecule has 5 nitrogen and oxygen atoms in total. The van der Waals surface area contributed by atoms with Gasteiger partial charge in [-0.2, -0.15) is 0 Å². The number of β-amino-alcohol motifs (C(OH)–C–C–N with tert-alkyl or cyclic N) is 1. The van der Waals surface area contributed by atoms with Gasteiger partial charge >= 0.3 is 0 Å². The van der Waals surface area contributed by atoms with Gasteiger partial charge in [0.15, 0.2) is 0 Å². The molecule has 5 N–H and O–H groups in total. The lowest BCUT2D eigenvalue weighted by Crippen LogP contribution is -2.69. The van der Waals surface area contributed by atoms with Crippen molar-refractivity contribution in [2.24, 2.45) is 0 Å². The molecule has 0 aromatic heterocycles. The molecule has 1 heterocycles. The molecule has 0 amide bonds. The van der Waals surface area contributed by atoms with Gasteiger partial charge in [-0.1, -0.05) is 32.6 Å². The Hall–Kier alpha value is -0.200. The van der Waals surface area contributed by atoms with Crippen LogP contribution in [0.2, 0.25) is 0 Å². The van der Waals surface area contributed by atoms with Crippen LogP contribution in [-0.4, -0.2) is 57.4 Å². The van der Waals surface area contributed by atoms with E-state index in [2.05, 4.69) is 12.2 Å². The number of aliphatic hydroxyl groups excluding tert-OH is 4. The van der Waals surface area contributed by atoms with Gasteiger partial charge in [-0.3, -0.25) is 0 Å². The molecule has 5 heteroatoms. The van der Waals surface area contributed by atoms with Crippen LogP contribution in [0.5, 0.6) is 0 Å². The third-order valence-electron chi connectivity index (χ3n) is 3.71. The smallest absolute Gasteiger partial charge is 0.109 e. The molecule has 0 spiro atoms. The highest BCUT2D eigenvalue weighted by Crippen LogP contribution is 2.26. The van der Waals surface area contributed by atoms with Crippen LogP contribution in [0.15, 0.2) is 0 Å². The van der Waals surface area contributed by atoms with Gasteiger partial charge < -0.3 is 25.7 Å². The molecule has 0 saturated carbocycles. The van der Waals surface area contributed by atoms with Crippen molar-refractivity contribution in [3.05, 3.63) is 0 Å². The van der Waals surface area contributed by atoms with Crippen LogP contribution in [0.1, 0.15) is 39.0 Å². The minimum atomic E-state index is -1.19. The van der Waals surface area contributed by atoms with E-state index in [-0.39, 0.29) is 13.2 Å². The molecule has 0 aliphatic carbocycles. The monoisotopic (exact) mass is 247 g/mol. The number of rotatable bonds is 6. The highest BCUT2D eigenvalue weighted by atomic mass is 16.4. The Morgan fingerprint density at radius 1 is 1.18 bits per heavy atom. The van der Waals surface area contributed by atoms with Crippen molar-refractivity contribution in [2.45, 2.75) is 62.9 Å². The summed E-state index contributed by atoms with van der Waals surface area (Å²) in [4.78, 5) is 0. The molecule has 17 heavy (non-hydrogen) atoms. The Morgan fingerprint density at radius 2 is 1.88 bits per heavy atom. The first kappa shape index (κ1) is 14.9. The number of unbranched alkanes of at least 4 members (excludes halogenated alkanes) is 3. The van der Waals surface area contributed by atoms with Gasteiger partial charge in [0.25, 0.3) is 0 Å². The lowest BCUT2D eigenvalue weighted by molar-refractivity contribution is -0.135. The van der Waals surface area contributed by atoms with Crippen LogP contribution in [0.25, 0.3) is 0 Å². The normalized spacial score (nSPS) is 38.3. The first-order valence-electron chi connectivity index (χ1n) is 6.47. The Kier molecular flexibility index (Phi) is 5.82. The number of aliphatic hydroxyl groups is 4. The average molecular weight is 247 g/mol. The predicted octanol–water partition coefficient (Wildman–Crippen LogP) is -0.626. The molecule has 1 aliphatic heterocycles. The third-order valence-corrected chi connectivity index (χ3v) is 3.71. The predicted molar refractivity (Wildman–Crippen MR) is 64.6 cm³/mol. The summed E-state index contributed by atoms with van der Waals surface area (Å²) in [7, 11) is 0. The van der Waals surface area contributed by atoms with E-state index in [0.717, 1.165) is 25.7 Å². The van der Waals surface area contributed by atoms with Crippen molar-refractivity contribution in [3.63, 3.8) is 0 Å². The molecule has 0 aromatic carbocycles. The van der Waals surface area contributed by atoms with Gasteiger partial charge in [0, 0.05) is 6.54 Å². The zero-order chi connectivity index (χ0) is 12.9. The minimum absolute atomic E-state index is 0.201. The van der Waals surface area contributed by atoms with E-state index in [0.29, 0.717) is 6.42 Å². The average Bonchev–Trinajstić information content (AvgIpc) is 2.35. The Bertz CT molecular complexity index is 227. The van der Waals surface area contributed by atoms with Crippen molar-refractivity contribution in [3.8, 4) is 0 Å². The molecule has 1 fully saturated rings. The maximum Gasteiger partial charge on any atom is 0.109 e. The van der Waals surface area contributed by atoms with E-state index in [1.807, 2.05) is 0 Å². The number of nitrogens with one attached hydrogen (secondary N) is 1. The number of piperidine rings is 1. The first-order valence-corrected chi connectivity index (χ1v) is 6.47. The molecule has 0 unspecified atom stereocenters. The Morgan fingerprint density at radius 3 is 2.47 bits per heavy atom. The quantitative estimate of drug-likeness (QED) is 0.403. The van der Waals surface area contributed by atoms with Crippen molar-refractivity contribution >= 4 is 0 Å². The fourth-order valence-electron chi connectivity index (χ4n) is 2.40. The van der Waals surface area contributed by atoms with Crippen LogP contribution < -0.4 is 5.32 Å². The standard InChI is InChI=1S/C12H25NO4/c1-2-3-4-5-6-12(8-14)11(17)10(16)9(15)7-13-12/h9-11,13-17H,2-8H2,1H3/t9-,10+,11-,12-/m0/s1. The van der Waals surface area contributed by atoms with E-state index >= 15 is 0 Å². The Balaban J connectivity index is 2.54. The van der Waals surface area contributed by atoms with Crippen molar-refractivity contribution in [2.75, 3.05) is 13.2 Å². The zero-order valence-electron chi connectivity index (χ0n) is 10.5. The van der Waals surface area contributed by atoms with E-state index < -0.39 is 23.9 Å². The highest BCUT2D eigenvalue weighted by Gasteiger charge is 2.46. The van der Waals surface area contributed by atoms with Gasteiger partial charge in [-0.05, 0) is 6.42 Å². The van der Waals surface area contributed by atoms with Crippen molar-refractivity contribution in [1.82, 2.24) is 5.32 Å². The summed E-state index contributed by atoms with van der Waals surface area (Å²) in [6.07, 6.45) is 1.51. The molecule has 102 valence electrons. The lowest BCUT2D eigenvalue weighted by atomic mass is 9.79. The second-order valence-corrected chi connectivity index (χ2v) is 5.01. The summed E-state index contributed by atoms with van der Waals surface area (Å²) in [5.41, 5.74) is -0.869. The summed E-state index contributed by atoms with van der Waals surface area (Å²) in [5.74, 6) is 0. The fourth-order valence-corrected chi connectivity index (χ4v) is 2.40. The second-order valence-electron chi connectivity index (χ2n) is 5.01. The van der Waals surface area contributed by atoms with Crippen molar-refractivity contribution < 1.29 is 20.4 Å². The van der Waals surface area contributed by atoms with Crippen molar-refractivity contribution in [1.29, 1.82) is 0 Å². The minimum Gasteiger partial charge on any atom is -0.394 e. The van der Waals surface area contributed by atoms with Crippen LogP contribution in [0.4, 0.5) is 0 Å². The second kappa shape index (κ2) is 6.66. The topological polar surface area (TPSA) is 93.0 Å². The van der Waals surface area contributed by atoms with Crippen LogP contribution >= 0.6 is 0 Å². The van der Waals surface area contributed by atoms with Crippen LogP contribution in [0.3, 0.4) is 0 Å². The molecule has 4 atom stereocenters. The maximum atomic E-state index is 9.98. The largest absolute Gasteiger partial charge is 0.394 e.